The number of carboxylic acid groups (broad SMARTS) is 1. The van der Waals surface area contributed by atoms with Gasteiger partial charge in [-0.05, 0) is 24.6 Å². The largest absolute Gasteiger partial charge is 0.480 e. The van der Waals surface area contributed by atoms with Gasteiger partial charge in [-0.1, -0.05) is 13.3 Å². The molecular formula is C13H17F2NO3. The second-order valence-corrected chi connectivity index (χ2v) is 4.27. The van der Waals surface area contributed by atoms with Crippen LogP contribution in [0.4, 0.5) is 8.78 Å². The maximum Gasteiger partial charge on any atom is 0.320 e. The van der Waals surface area contributed by atoms with E-state index in [4.69, 9.17) is 5.11 Å². The van der Waals surface area contributed by atoms with Gasteiger partial charge in [0.15, 0.2) is 0 Å². The molecule has 0 aliphatic rings. The molecule has 3 N–H and O–H groups in total. The second-order valence-electron chi connectivity index (χ2n) is 4.27. The molecule has 0 aliphatic carbocycles. The van der Waals surface area contributed by atoms with Crippen molar-refractivity contribution in [3.05, 3.63) is 35.4 Å². The number of benzene rings is 1. The Hall–Kier alpha value is -1.53. The van der Waals surface area contributed by atoms with Crippen LogP contribution in [0.3, 0.4) is 0 Å². The molecule has 4 nitrogen and oxygen atoms in total. The SMILES string of the molecule is CCCC(NCC(O)c1cc(F)ccc1F)C(=O)O. The summed E-state index contributed by atoms with van der Waals surface area (Å²) in [5, 5.41) is 21.3. The van der Waals surface area contributed by atoms with Gasteiger partial charge >= 0.3 is 5.97 Å². The van der Waals surface area contributed by atoms with E-state index in [1.807, 2.05) is 6.92 Å². The Kier molecular flexibility index (Phi) is 5.85. The average Bonchev–Trinajstić information content (AvgIpc) is 2.36. The van der Waals surface area contributed by atoms with Crippen molar-refractivity contribution in [2.75, 3.05) is 6.54 Å². The monoisotopic (exact) mass is 273 g/mol. The molecule has 0 saturated carbocycles. The zero-order valence-electron chi connectivity index (χ0n) is 10.6. The van der Waals surface area contributed by atoms with Crippen molar-refractivity contribution in [3.63, 3.8) is 0 Å². The maximum atomic E-state index is 13.4. The molecule has 2 unspecified atom stereocenters. The Morgan fingerprint density at radius 3 is 2.68 bits per heavy atom. The molecule has 0 fully saturated rings. The molecule has 0 spiro atoms. The van der Waals surface area contributed by atoms with Crippen LogP contribution in [0.2, 0.25) is 0 Å². The number of aliphatic carboxylic acids is 1. The van der Waals surface area contributed by atoms with Gasteiger partial charge in [0.25, 0.3) is 0 Å². The Labute approximate surface area is 110 Å². The first-order valence-electron chi connectivity index (χ1n) is 6.05. The van der Waals surface area contributed by atoms with E-state index in [-0.39, 0.29) is 12.1 Å². The summed E-state index contributed by atoms with van der Waals surface area (Å²) in [6, 6.07) is 1.97. The fourth-order valence-electron chi connectivity index (χ4n) is 1.74. The number of hydrogen-bond acceptors (Lipinski definition) is 3. The minimum Gasteiger partial charge on any atom is -0.480 e. The molecule has 0 heterocycles. The standard InChI is InChI=1S/C13H17F2NO3/c1-2-3-11(13(18)19)16-7-12(17)9-6-8(14)4-5-10(9)15/h4-6,11-12,16-17H,2-3,7H2,1H3,(H,18,19). The lowest BCUT2D eigenvalue weighted by Gasteiger charge is -2.17. The molecule has 0 radical (unpaired) electrons. The summed E-state index contributed by atoms with van der Waals surface area (Å²) in [5.74, 6) is -2.41. The first kappa shape index (κ1) is 15.5. The molecule has 0 aliphatic heterocycles. The predicted octanol–water partition coefficient (Wildman–Crippen LogP) is 1.84. The van der Waals surface area contributed by atoms with Crippen LogP contribution < -0.4 is 5.32 Å². The molecule has 6 heteroatoms. The number of carboxylic acids is 1. The van der Waals surface area contributed by atoms with Gasteiger partial charge < -0.3 is 15.5 Å². The summed E-state index contributed by atoms with van der Waals surface area (Å²) in [6.07, 6.45) is -0.239. The zero-order chi connectivity index (χ0) is 14.4. The number of halogens is 2. The van der Waals surface area contributed by atoms with Crippen LogP contribution in [0.1, 0.15) is 31.4 Å². The molecule has 0 bridgehead atoms. The van der Waals surface area contributed by atoms with Crippen molar-refractivity contribution in [1.29, 1.82) is 0 Å². The van der Waals surface area contributed by atoms with Crippen molar-refractivity contribution in [2.45, 2.75) is 31.9 Å². The van der Waals surface area contributed by atoms with Crippen LogP contribution in [0.15, 0.2) is 18.2 Å². The number of aliphatic hydroxyl groups is 1. The van der Waals surface area contributed by atoms with Gasteiger partial charge in [0.1, 0.15) is 17.7 Å². The third-order valence-corrected chi connectivity index (χ3v) is 2.75. The van der Waals surface area contributed by atoms with Crippen LogP contribution >= 0.6 is 0 Å². The predicted molar refractivity (Wildman–Crippen MR) is 65.7 cm³/mol. The molecule has 0 aromatic heterocycles. The van der Waals surface area contributed by atoms with Crippen molar-refractivity contribution < 1.29 is 23.8 Å². The molecule has 2 atom stereocenters. The Balaban J connectivity index is 2.66. The van der Waals surface area contributed by atoms with Crippen LogP contribution in [-0.2, 0) is 4.79 Å². The summed E-state index contributed by atoms with van der Waals surface area (Å²) in [5.41, 5.74) is -0.187. The molecule has 0 saturated heterocycles. The highest BCUT2D eigenvalue weighted by atomic mass is 19.1. The topological polar surface area (TPSA) is 69.6 Å². The smallest absolute Gasteiger partial charge is 0.320 e. The van der Waals surface area contributed by atoms with Gasteiger partial charge in [-0.3, -0.25) is 4.79 Å². The molecule has 1 aromatic carbocycles. The number of nitrogens with one attached hydrogen (secondary N) is 1. The van der Waals surface area contributed by atoms with Gasteiger partial charge in [0.05, 0.1) is 6.10 Å². The van der Waals surface area contributed by atoms with E-state index in [9.17, 15) is 18.7 Å². The van der Waals surface area contributed by atoms with E-state index >= 15 is 0 Å². The second kappa shape index (κ2) is 7.16. The van der Waals surface area contributed by atoms with E-state index in [0.29, 0.717) is 12.8 Å². The fourth-order valence-corrected chi connectivity index (χ4v) is 1.74. The van der Waals surface area contributed by atoms with Gasteiger partial charge in [-0.2, -0.15) is 0 Å². The summed E-state index contributed by atoms with van der Waals surface area (Å²) >= 11 is 0. The van der Waals surface area contributed by atoms with Gasteiger partial charge in [-0.15, -0.1) is 0 Å². The molecule has 1 aromatic rings. The van der Waals surface area contributed by atoms with E-state index < -0.39 is 29.7 Å². The third kappa shape index (κ3) is 4.57. The molecule has 1 rings (SSSR count). The summed E-state index contributed by atoms with van der Waals surface area (Å²) < 4.78 is 26.3. The molecule has 19 heavy (non-hydrogen) atoms. The third-order valence-electron chi connectivity index (χ3n) is 2.75. The molecule has 106 valence electrons. The van der Waals surface area contributed by atoms with Gasteiger partial charge in [0, 0.05) is 12.1 Å². The average molecular weight is 273 g/mol. The van der Waals surface area contributed by atoms with Crippen molar-refractivity contribution in [1.82, 2.24) is 5.32 Å². The lowest BCUT2D eigenvalue weighted by atomic mass is 10.1. The Morgan fingerprint density at radius 1 is 1.42 bits per heavy atom. The number of carbonyl (C=O) groups is 1. The minimum atomic E-state index is -1.30. The van der Waals surface area contributed by atoms with Gasteiger partial charge in [-0.25, -0.2) is 8.78 Å². The Bertz CT molecular complexity index is 440. The van der Waals surface area contributed by atoms with Crippen molar-refractivity contribution in [2.24, 2.45) is 0 Å². The van der Waals surface area contributed by atoms with E-state index in [0.717, 1.165) is 18.2 Å². The van der Waals surface area contributed by atoms with E-state index in [1.54, 1.807) is 0 Å². The number of hydrogen-bond donors (Lipinski definition) is 3. The van der Waals surface area contributed by atoms with Crippen LogP contribution in [0, 0.1) is 11.6 Å². The van der Waals surface area contributed by atoms with Crippen molar-refractivity contribution >= 4 is 5.97 Å². The fraction of sp³-hybridized carbons (Fsp3) is 0.462. The quantitative estimate of drug-likeness (QED) is 0.709. The lowest BCUT2D eigenvalue weighted by Crippen LogP contribution is -2.39. The van der Waals surface area contributed by atoms with Crippen LogP contribution in [-0.4, -0.2) is 28.8 Å². The normalized spacial score (nSPS) is 14.1. The first-order chi connectivity index (χ1) is 8.95. The van der Waals surface area contributed by atoms with Gasteiger partial charge in [0.2, 0.25) is 0 Å². The highest BCUT2D eigenvalue weighted by Gasteiger charge is 2.19. The molecule has 0 amide bonds. The first-order valence-corrected chi connectivity index (χ1v) is 6.05. The zero-order valence-corrected chi connectivity index (χ0v) is 10.6. The number of rotatable bonds is 7. The summed E-state index contributed by atoms with van der Waals surface area (Å²) in [4.78, 5) is 10.9. The number of aliphatic hydroxyl groups excluding tert-OH is 1. The van der Waals surface area contributed by atoms with Crippen molar-refractivity contribution in [3.8, 4) is 0 Å². The summed E-state index contributed by atoms with van der Waals surface area (Å²) in [6.45, 7) is 1.68. The van der Waals surface area contributed by atoms with E-state index in [1.165, 1.54) is 0 Å². The summed E-state index contributed by atoms with van der Waals surface area (Å²) in [7, 11) is 0. The van der Waals surface area contributed by atoms with Crippen LogP contribution in [0.5, 0.6) is 0 Å². The molecular weight excluding hydrogens is 256 g/mol. The Morgan fingerprint density at radius 2 is 2.11 bits per heavy atom. The van der Waals surface area contributed by atoms with E-state index in [2.05, 4.69) is 5.32 Å². The minimum absolute atomic E-state index is 0.155. The van der Waals surface area contributed by atoms with Crippen LogP contribution in [0.25, 0.3) is 0 Å². The lowest BCUT2D eigenvalue weighted by molar-refractivity contribution is -0.139. The highest BCUT2D eigenvalue weighted by Crippen LogP contribution is 2.18. The highest BCUT2D eigenvalue weighted by molar-refractivity contribution is 5.73. The maximum absolute atomic E-state index is 13.4.